The van der Waals surface area contributed by atoms with E-state index >= 15 is 0 Å². The molecule has 10 nitrogen and oxygen atoms in total. The van der Waals surface area contributed by atoms with Gasteiger partial charge in [-0.1, -0.05) is 0 Å². The van der Waals surface area contributed by atoms with Gasteiger partial charge in [-0.15, -0.1) is 0 Å². The summed E-state index contributed by atoms with van der Waals surface area (Å²) < 4.78 is 10.3. The number of rotatable bonds is 5. The van der Waals surface area contributed by atoms with Crippen LogP contribution in [-0.2, 0) is 0 Å². The van der Waals surface area contributed by atoms with Crippen molar-refractivity contribution in [3.05, 3.63) is 12.7 Å². The standard InChI is InChI=1S/C8H10N8O2/c9-5-11-3-13-7(15-5)17-1-2-18-8-14-4-12-6(10)16-8/h3-4H,1-2H2,(H2,9,11,13,15)(H2,10,12,14,16). The van der Waals surface area contributed by atoms with E-state index in [-0.39, 0.29) is 37.1 Å². The summed E-state index contributed by atoms with van der Waals surface area (Å²) in [5.41, 5.74) is 10.7. The monoisotopic (exact) mass is 250 g/mol. The van der Waals surface area contributed by atoms with Crippen LogP contribution in [0.1, 0.15) is 0 Å². The summed E-state index contributed by atoms with van der Waals surface area (Å²) >= 11 is 0. The van der Waals surface area contributed by atoms with E-state index in [0.717, 1.165) is 0 Å². The van der Waals surface area contributed by atoms with Gasteiger partial charge in [0.25, 0.3) is 0 Å². The van der Waals surface area contributed by atoms with Gasteiger partial charge >= 0.3 is 12.0 Å². The van der Waals surface area contributed by atoms with Crippen molar-refractivity contribution in [1.82, 2.24) is 29.9 Å². The number of nitrogen functional groups attached to an aromatic ring is 2. The van der Waals surface area contributed by atoms with Gasteiger partial charge in [0.1, 0.15) is 25.9 Å². The van der Waals surface area contributed by atoms with Gasteiger partial charge in [-0.3, -0.25) is 0 Å². The lowest BCUT2D eigenvalue weighted by atomic mass is 10.7. The zero-order chi connectivity index (χ0) is 12.8. The van der Waals surface area contributed by atoms with E-state index in [1.165, 1.54) is 12.7 Å². The topological polar surface area (TPSA) is 148 Å². The highest BCUT2D eigenvalue weighted by Crippen LogP contribution is 2.02. The van der Waals surface area contributed by atoms with Gasteiger partial charge in [-0.25, -0.2) is 9.97 Å². The molecule has 0 saturated carbocycles. The molecule has 2 aromatic rings. The average molecular weight is 250 g/mol. The van der Waals surface area contributed by atoms with E-state index in [2.05, 4.69) is 29.9 Å². The second-order valence-electron chi connectivity index (χ2n) is 2.95. The normalized spacial score (nSPS) is 10.0. The van der Waals surface area contributed by atoms with Crippen molar-refractivity contribution >= 4 is 11.9 Å². The molecule has 10 heteroatoms. The van der Waals surface area contributed by atoms with Gasteiger partial charge < -0.3 is 20.9 Å². The molecule has 2 heterocycles. The van der Waals surface area contributed by atoms with E-state index in [1.54, 1.807) is 0 Å². The molecule has 0 spiro atoms. The zero-order valence-corrected chi connectivity index (χ0v) is 9.22. The summed E-state index contributed by atoms with van der Waals surface area (Å²) in [6, 6.07) is 0.252. The third-order valence-electron chi connectivity index (χ3n) is 1.68. The molecule has 0 aromatic carbocycles. The van der Waals surface area contributed by atoms with Gasteiger partial charge in [0, 0.05) is 0 Å². The van der Waals surface area contributed by atoms with Gasteiger partial charge in [0.2, 0.25) is 11.9 Å². The molecule has 0 aliphatic rings. The molecule has 0 aliphatic heterocycles. The molecule has 2 aromatic heterocycles. The molecule has 0 saturated heterocycles. The Hall–Kier alpha value is -2.78. The minimum atomic E-state index is 0.0890. The molecule has 0 unspecified atom stereocenters. The molecule has 0 amide bonds. The van der Waals surface area contributed by atoms with Crippen LogP contribution in [0.2, 0.25) is 0 Å². The lowest BCUT2D eigenvalue weighted by Crippen LogP contribution is -2.13. The molecule has 0 bridgehead atoms. The van der Waals surface area contributed by atoms with Crippen molar-refractivity contribution < 1.29 is 9.47 Å². The Morgan fingerprint density at radius 2 is 1.22 bits per heavy atom. The van der Waals surface area contributed by atoms with E-state index < -0.39 is 0 Å². The van der Waals surface area contributed by atoms with Gasteiger partial charge in [0.15, 0.2) is 0 Å². The summed E-state index contributed by atoms with van der Waals surface area (Å²) in [7, 11) is 0. The third kappa shape index (κ3) is 3.37. The molecule has 18 heavy (non-hydrogen) atoms. The van der Waals surface area contributed by atoms with Crippen LogP contribution in [0.4, 0.5) is 11.9 Å². The third-order valence-corrected chi connectivity index (χ3v) is 1.68. The lowest BCUT2D eigenvalue weighted by Gasteiger charge is -2.05. The maximum atomic E-state index is 5.36. The van der Waals surface area contributed by atoms with Gasteiger partial charge in [0.05, 0.1) is 0 Å². The van der Waals surface area contributed by atoms with Crippen molar-refractivity contribution in [3.8, 4) is 12.0 Å². The molecule has 0 atom stereocenters. The number of ether oxygens (including phenoxy) is 2. The Morgan fingerprint density at radius 3 is 1.61 bits per heavy atom. The molecule has 4 N–H and O–H groups in total. The van der Waals surface area contributed by atoms with E-state index in [0.29, 0.717) is 0 Å². The van der Waals surface area contributed by atoms with Crippen LogP contribution in [0.5, 0.6) is 12.0 Å². The maximum absolute atomic E-state index is 5.36. The number of hydrogen-bond acceptors (Lipinski definition) is 10. The Kier molecular flexibility index (Phi) is 3.59. The fourth-order valence-electron chi connectivity index (χ4n) is 0.991. The summed E-state index contributed by atoms with van der Waals surface area (Å²) in [4.78, 5) is 22.3. The van der Waals surface area contributed by atoms with Crippen molar-refractivity contribution in [2.45, 2.75) is 0 Å². The molecular formula is C8H10N8O2. The number of aromatic nitrogens is 6. The zero-order valence-electron chi connectivity index (χ0n) is 9.22. The molecule has 0 radical (unpaired) electrons. The second kappa shape index (κ2) is 5.52. The summed E-state index contributed by atoms with van der Waals surface area (Å²) in [6.07, 6.45) is 2.51. The van der Waals surface area contributed by atoms with E-state index in [9.17, 15) is 0 Å². The highest BCUT2D eigenvalue weighted by atomic mass is 16.5. The molecular weight excluding hydrogens is 240 g/mol. The van der Waals surface area contributed by atoms with Crippen molar-refractivity contribution in [2.75, 3.05) is 24.7 Å². The van der Waals surface area contributed by atoms with Gasteiger partial charge in [-0.2, -0.15) is 19.9 Å². The van der Waals surface area contributed by atoms with Gasteiger partial charge in [-0.05, 0) is 0 Å². The summed E-state index contributed by atoms with van der Waals surface area (Å²) in [5.74, 6) is 0.178. The minimum absolute atomic E-state index is 0.0890. The fraction of sp³-hybridized carbons (Fsp3) is 0.250. The summed E-state index contributed by atoms with van der Waals surface area (Å²) in [6.45, 7) is 0.407. The molecule has 0 aliphatic carbocycles. The lowest BCUT2D eigenvalue weighted by molar-refractivity contribution is 0.196. The minimum Gasteiger partial charge on any atom is -0.460 e. The quantitative estimate of drug-likeness (QED) is 0.611. The average Bonchev–Trinajstić information content (AvgIpc) is 2.35. The Balaban J connectivity index is 1.76. The Labute approximate surface area is 101 Å². The van der Waals surface area contributed by atoms with Crippen LogP contribution in [0, 0.1) is 0 Å². The van der Waals surface area contributed by atoms with Crippen LogP contribution in [0.25, 0.3) is 0 Å². The number of nitrogens with zero attached hydrogens (tertiary/aromatic N) is 6. The van der Waals surface area contributed by atoms with Crippen molar-refractivity contribution in [1.29, 1.82) is 0 Å². The predicted molar refractivity (Wildman–Crippen MR) is 59.5 cm³/mol. The Morgan fingerprint density at radius 1 is 0.778 bits per heavy atom. The molecule has 94 valence electrons. The van der Waals surface area contributed by atoms with Crippen molar-refractivity contribution in [2.24, 2.45) is 0 Å². The highest BCUT2D eigenvalue weighted by molar-refractivity contribution is 5.15. The van der Waals surface area contributed by atoms with Crippen LogP contribution >= 0.6 is 0 Å². The maximum Gasteiger partial charge on any atom is 0.321 e. The predicted octanol–water partition coefficient (Wildman–Crippen LogP) is -1.32. The first kappa shape index (κ1) is 11.7. The van der Waals surface area contributed by atoms with Crippen LogP contribution in [-0.4, -0.2) is 43.1 Å². The number of nitrogens with two attached hydrogens (primary N) is 2. The van der Waals surface area contributed by atoms with Crippen LogP contribution in [0.3, 0.4) is 0 Å². The number of anilines is 2. The van der Waals surface area contributed by atoms with Crippen LogP contribution in [0.15, 0.2) is 12.7 Å². The Bertz CT molecular complexity index is 474. The van der Waals surface area contributed by atoms with Crippen LogP contribution < -0.4 is 20.9 Å². The smallest absolute Gasteiger partial charge is 0.321 e. The molecule has 2 rings (SSSR count). The fourth-order valence-corrected chi connectivity index (χ4v) is 0.991. The number of hydrogen-bond donors (Lipinski definition) is 2. The summed E-state index contributed by atoms with van der Waals surface area (Å²) in [5, 5.41) is 0. The first-order valence-electron chi connectivity index (χ1n) is 4.88. The van der Waals surface area contributed by atoms with E-state index in [4.69, 9.17) is 20.9 Å². The molecule has 0 fully saturated rings. The largest absolute Gasteiger partial charge is 0.460 e. The highest BCUT2D eigenvalue weighted by Gasteiger charge is 2.01. The van der Waals surface area contributed by atoms with Crippen molar-refractivity contribution in [3.63, 3.8) is 0 Å². The first-order chi connectivity index (χ1) is 8.74. The SMILES string of the molecule is Nc1ncnc(OCCOc2ncnc(N)n2)n1. The van der Waals surface area contributed by atoms with E-state index in [1.807, 2.05) is 0 Å². The first-order valence-corrected chi connectivity index (χ1v) is 4.88. The second-order valence-corrected chi connectivity index (χ2v) is 2.95.